The molecule has 0 aliphatic heterocycles. The quantitative estimate of drug-likeness (QED) is 0.496. The molecule has 3 aromatic carbocycles. The summed E-state index contributed by atoms with van der Waals surface area (Å²) in [5.41, 5.74) is 2.70. The molecule has 0 heterocycles. The van der Waals surface area contributed by atoms with Crippen LogP contribution in [0.1, 0.15) is 35.8 Å². The minimum atomic E-state index is -0.290. The predicted octanol–water partition coefficient (Wildman–Crippen LogP) is 3.60. The minimum absolute atomic E-state index is 0.158. The highest BCUT2D eigenvalue weighted by atomic mass is 16.5. The molecule has 0 spiro atoms. The molecule has 160 valence electrons. The molecule has 4 N–H and O–H groups in total. The standard InChI is InChI=1S/C25H27N3O3/c1-3-31-21-15-13-20(14-16-21)27-25(30)22-11-7-8-12-23(22)28-24(29)17-26-18(2)19-9-5-4-6-10-19/h4-16,18,26H,3,17H2,1-2H3,(H,27,30)(H,28,29)/p+1/t18-/m0/s1. The lowest BCUT2D eigenvalue weighted by molar-refractivity contribution is -0.682. The zero-order valence-corrected chi connectivity index (χ0v) is 17.8. The smallest absolute Gasteiger partial charge is 0.279 e. The van der Waals surface area contributed by atoms with Crippen molar-refractivity contribution in [2.75, 3.05) is 23.8 Å². The first-order valence-electron chi connectivity index (χ1n) is 10.4. The van der Waals surface area contributed by atoms with Crippen LogP contribution in [0.4, 0.5) is 11.4 Å². The lowest BCUT2D eigenvalue weighted by Crippen LogP contribution is -2.86. The summed E-state index contributed by atoms with van der Waals surface area (Å²) in [6.07, 6.45) is 0. The summed E-state index contributed by atoms with van der Waals surface area (Å²) in [7, 11) is 0. The molecule has 3 aromatic rings. The molecule has 0 unspecified atom stereocenters. The van der Waals surface area contributed by atoms with Gasteiger partial charge in [0.25, 0.3) is 11.8 Å². The van der Waals surface area contributed by atoms with E-state index in [1.807, 2.05) is 42.6 Å². The number of anilines is 2. The summed E-state index contributed by atoms with van der Waals surface area (Å²) < 4.78 is 5.42. The van der Waals surface area contributed by atoms with E-state index < -0.39 is 0 Å². The Morgan fingerprint density at radius 2 is 1.58 bits per heavy atom. The molecule has 0 bridgehead atoms. The second-order valence-electron chi connectivity index (χ2n) is 7.14. The fourth-order valence-corrected chi connectivity index (χ4v) is 3.17. The Hall–Kier alpha value is -3.64. The molecule has 0 aliphatic carbocycles. The van der Waals surface area contributed by atoms with Crippen LogP contribution in [-0.2, 0) is 4.79 Å². The van der Waals surface area contributed by atoms with Gasteiger partial charge in [0.05, 0.1) is 17.9 Å². The predicted molar refractivity (Wildman–Crippen MR) is 122 cm³/mol. The van der Waals surface area contributed by atoms with Gasteiger partial charge in [-0.25, -0.2) is 0 Å². The maximum absolute atomic E-state index is 12.8. The van der Waals surface area contributed by atoms with Gasteiger partial charge in [-0.15, -0.1) is 0 Å². The third-order valence-electron chi connectivity index (χ3n) is 4.85. The van der Waals surface area contributed by atoms with Gasteiger partial charge >= 0.3 is 0 Å². The number of carbonyl (C=O) groups is 2. The number of carbonyl (C=O) groups excluding carboxylic acids is 2. The van der Waals surface area contributed by atoms with Crippen molar-refractivity contribution >= 4 is 23.2 Å². The number of rotatable bonds is 9. The number of para-hydroxylation sites is 1. The maximum atomic E-state index is 12.8. The zero-order valence-electron chi connectivity index (χ0n) is 17.8. The molecule has 3 rings (SSSR count). The van der Waals surface area contributed by atoms with Crippen LogP contribution in [-0.4, -0.2) is 25.0 Å². The summed E-state index contributed by atoms with van der Waals surface area (Å²) in [6.45, 7) is 4.81. The lowest BCUT2D eigenvalue weighted by Gasteiger charge is -2.13. The molecule has 0 fully saturated rings. The Balaban J connectivity index is 1.60. The monoisotopic (exact) mass is 418 g/mol. The Labute approximate surface area is 182 Å². The first kappa shape index (κ1) is 22.1. The van der Waals surface area contributed by atoms with Gasteiger partial charge in [-0.05, 0) is 50.2 Å². The number of ether oxygens (including phenoxy) is 1. The van der Waals surface area contributed by atoms with Crippen LogP contribution < -0.4 is 20.7 Å². The second-order valence-corrected chi connectivity index (χ2v) is 7.14. The first-order chi connectivity index (χ1) is 15.1. The molecule has 0 radical (unpaired) electrons. The van der Waals surface area contributed by atoms with Crippen molar-refractivity contribution in [2.24, 2.45) is 0 Å². The Morgan fingerprint density at radius 3 is 2.29 bits per heavy atom. The van der Waals surface area contributed by atoms with Crippen LogP contribution in [0, 0.1) is 0 Å². The van der Waals surface area contributed by atoms with Gasteiger partial charge in [0.2, 0.25) is 0 Å². The van der Waals surface area contributed by atoms with Crippen molar-refractivity contribution in [3.63, 3.8) is 0 Å². The van der Waals surface area contributed by atoms with E-state index in [9.17, 15) is 9.59 Å². The fraction of sp³-hybridized carbons (Fsp3) is 0.200. The van der Waals surface area contributed by atoms with Crippen molar-refractivity contribution in [1.82, 2.24) is 0 Å². The lowest BCUT2D eigenvalue weighted by atomic mass is 10.1. The number of hydrogen-bond acceptors (Lipinski definition) is 3. The van der Waals surface area contributed by atoms with Crippen molar-refractivity contribution in [3.8, 4) is 5.75 Å². The molecule has 0 aromatic heterocycles. The molecule has 6 nitrogen and oxygen atoms in total. The molecule has 1 atom stereocenters. The molecule has 2 amide bonds. The topological polar surface area (TPSA) is 84.0 Å². The van der Waals surface area contributed by atoms with Crippen LogP contribution in [0.5, 0.6) is 5.75 Å². The first-order valence-corrected chi connectivity index (χ1v) is 10.4. The van der Waals surface area contributed by atoms with Crippen LogP contribution in [0.3, 0.4) is 0 Å². The fourth-order valence-electron chi connectivity index (χ4n) is 3.17. The van der Waals surface area contributed by atoms with Gasteiger partial charge in [0, 0.05) is 11.3 Å². The van der Waals surface area contributed by atoms with Crippen LogP contribution in [0.2, 0.25) is 0 Å². The molecular weight excluding hydrogens is 390 g/mol. The summed E-state index contributed by atoms with van der Waals surface area (Å²) in [6, 6.07) is 24.3. The van der Waals surface area contributed by atoms with E-state index in [2.05, 4.69) is 17.6 Å². The maximum Gasteiger partial charge on any atom is 0.279 e. The third-order valence-corrected chi connectivity index (χ3v) is 4.85. The van der Waals surface area contributed by atoms with Gasteiger partial charge in [-0.3, -0.25) is 9.59 Å². The van der Waals surface area contributed by atoms with Gasteiger partial charge in [-0.2, -0.15) is 0 Å². The molecule has 0 aliphatic rings. The van der Waals surface area contributed by atoms with E-state index in [0.717, 1.165) is 11.3 Å². The van der Waals surface area contributed by atoms with Gasteiger partial charge in [0.15, 0.2) is 6.54 Å². The Bertz CT molecular complexity index is 1000. The molecule has 6 heteroatoms. The van der Waals surface area contributed by atoms with E-state index in [1.54, 1.807) is 48.5 Å². The van der Waals surface area contributed by atoms with Crippen LogP contribution in [0.25, 0.3) is 0 Å². The number of hydrogen-bond donors (Lipinski definition) is 3. The van der Waals surface area contributed by atoms with Crippen LogP contribution >= 0.6 is 0 Å². The van der Waals surface area contributed by atoms with E-state index in [0.29, 0.717) is 23.5 Å². The third kappa shape index (κ3) is 6.42. The van der Waals surface area contributed by atoms with Gasteiger partial charge in [0.1, 0.15) is 11.8 Å². The van der Waals surface area contributed by atoms with E-state index in [-0.39, 0.29) is 24.4 Å². The summed E-state index contributed by atoms with van der Waals surface area (Å²) >= 11 is 0. The van der Waals surface area contributed by atoms with E-state index >= 15 is 0 Å². The average molecular weight is 419 g/mol. The minimum Gasteiger partial charge on any atom is -0.494 e. The molecule has 0 saturated heterocycles. The van der Waals surface area contributed by atoms with Crippen molar-refractivity contribution in [2.45, 2.75) is 19.9 Å². The highest BCUT2D eigenvalue weighted by Gasteiger charge is 2.16. The SMILES string of the molecule is CCOc1ccc(NC(=O)c2ccccc2NC(=O)C[NH2+][C@@H](C)c2ccccc2)cc1. The summed E-state index contributed by atoms with van der Waals surface area (Å²) in [4.78, 5) is 25.3. The number of quaternary nitrogens is 1. The molecule has 31 heavy (non-hydrogen) atoms. The molecule has 0 saturated carbocycles. The normalized spacial score (nSPS) is 11.4. The van der Waals surface area contributed by atoms with Crippen molar-refractivity contribution in [3.05, 3.63) is 90.0 Å². The van der Waals surface area contributed by atoms with E-state index in [1.165, 1.54) is 0 Å². The average Bonchev–Trinajstić information content (AvgIpc) is 2.80. The highest BCUT2D eigenvalue weighted by molar-refractivity contribution is 6.10. The largest absolute Gasteiger partial charge is 0.494 e. The second kappa shape index (κ2) is 10.9. The summed E-state index contributed by atoms with van der Waals surface area (Å²) in [5.74, 6) is 0.292. The van der Waals surface area contributed by atoms with Crippen molar-refractivity contribution < 1.29 is 19.6 Å². The van der Waals surface area contributed by atoms with Gasteiger partial charge < -0.3 is 20.7 Å². The highest BCUT2D eigenvalue weighted by Crippen LogP contribution is 2.19. The van der Waals surface area contributed by atoms with E-state index in [4.69, 9.17) is 4.74 Å². The van der Waals surface area contributed by atoms with Crippen molar-refractivity contribution in [1.29, 1.82) is 0 Å². The Morgan fingerprint density at radius 1 is 0.903 bits per heavy atom. The van der Waals surface area contributed by atoms with Gasteiger partial charge in [-0.1, -0.05) is 42.5 Å². The number of amides is 2. The number of benzene rings is 3. The van der Waals surface area contributed by atoms with Crippen LogP contribution in [0.15, 0.2) is 78.9 Å². The number of nitrogens with two attached hydrogens (primary N) is 1. The molecular formula is C25H28N3O3+. The summed E-state index contributed by atoms with van der Waals surface area (Å²) in [5, 5.41) is 7.68. The Kier molecular flexibility index (Phi) is 7.79. The number of nitrogens with one attached hydrogen (secondary N) is 2. The zero-order chi connectivity index (χ0) is 22.1.